The predicted molar refractivity (Wildman–Crippen MR) is 93.9 cm³/mol. The molecular weight excluding hydrogens is 302 g/mol. The zero-order valence-corrected chi connectivity index (χ0v) is 13.6. The van der Waals surface area contributed by atoms with Crippen molar-refractivity contribution in [2.45, 2.75) is 13.3 Å². The summed E-state index contributed by atoms with van der Waals surface area (Å²) in [5.74, 6) is 1.70. The summed E-state index contributed by atoms with van der Waals surface area (Å²) in [6, 6.07) is 1.99. The third-order valence-corrected chi connectivity index (χ3v) is 4.37. The van der Waals surface area contributed by atoms with Gasteiger partial charge in [0.2, 0.25) is 0 Å². The molecular formula is C17H19N7. The zero-order chi connectivity index (χ0) is 16.5. The van der Waals surface area contributed by atoms with E-state index in [2.05, 4.69) is 44.9 Å². The summed E-state index contributed by atoms with van der Waals surface area (Å²) in [6.45, 7) is 8.17. The molecule has 0 unspecified atom stereocenters. The highest BCUT2D eigenvalue weighted by molar-refractivity contribution is 5.74. The van der Waals surface area contributed by atoms with Crippen molar-refractivity contribution in [3.63, 3.8) is 0 Å². The van der Waals surface area contributed by atoms with Crippen molar-refractivity contribution in [3.05, 3.63) is 61.2 Å². The first kappa shape index (κ1) is 14.5. The van der Waals surface area contributed by atoms with E-state index in [0.717, 1.165) is 42.5 Å². The molecule has 1 saturated heterocycles. The van der Waals surface area contributed by atoms with Crippen LogP contribution < -0.4 is 15.3 Å². The zero-order valence-electron chi connectivity index (χ0n) is 13.6. The van der Waals surface area contributed by atoms with E-state index in [0.29, 0.717) is 0 Å². The molecule has 4 rings (SSSR count). The molecule has 0 bridgehead atoms. The first-order valence-corrected chi connectivity index (χ1v) is 7.91. The number of anilines is 2. The van der Waals surface area contributed by atoms with Crippen LogP contribution in [0.25, 0.3) is 5.70 Å². The van der Waals surface area contributed by atoms with E-state index >= 15 is 0 Å². The maximum absolute atomic E-state index is 4.43. The molecule has 4 heterocycles. The largest absolute Gasteiger partial charge is 0.352 e. The van der Waals surface area contributed by atoms with E-state index in [1.54, 1.807) is 18.9 Å². The third kappa shape index (κ3) is 2.44. The minimum atomic E-state index is 0.769. The smallest absolute Gasteiger partial charge is 0.157 e. The standard InChI is InChI=1S/C17H19N7/c1-3-14-4-6-22(10-14)16-8-17(20-11-19-16)24-13(2)15(9-21-24)23-7-5-18-12-23/h3,5,7-9,11-12,21H,2,4,6,10H2,1H3/b14-3+. The van der Waals surface area contributed by atoms with Gasteiger partial charge in [0, 0.05) is 37.7 Å². The number of hydrogen-bond donors (Lipinski definition) is 1. The van der Waals surface area contributed by atoms with E-state index in [1.807, 2.05) is 28.0 Å². The molecule has 7 heteroatoms. The second kappa shape index (κ2) is 5.84. The van der Waals surface area contributed by atoms with Gasteiger partial charge in [-0.05, 0) is 13.3 Å². The van der Waals surface area contributed by atoms with Crippen LogP contribution in [-0.4, -0.2) is 32.6 Å². The summed E-state index contributed by atoms with van der Waals surface area (Å²) in [5, 5.41) is 1.85. The molecule has 0 amide bonds. The van der Waals surface area contributed by atoms with Gasteiger partial charge in [0.25, 0.3) is 0 Å². The molecule has 0 atom stereocenters. The molecule has 0 aliphatic carbocycles. The fourth-order valence-corrected chi connectivity index (χ4v) is 2.98. The van der Waals surface area contributed by atoms with Crippen molar-refractivity contribution in [2.24, 2.45) is 0 Å². The summed E-state index contributed by atoms with van der Waals surface area (Å²) in [4.78, 5) is 15.2. The van der Waals surface area contributed by atoms with Crippen LogP contribution in [0.15, 0.2) is 61.2 Å². The van der Waals surface area contributed by atoms with Crippen LogP contribution >= 0.6 is 0 Å². The van der Waals surface area contributed by atoms with Gasteiger partial charge in [0.05, 0.1) is 17.7 Å². The highest BCUT2D eigenvalue weighted by atomic mass is 15.6. The van der Waals surface area contributed by atoms with Gasteiger partial charge in [-0.2, -0.15) is 0 Å². The molecule has 2 aliphatic heterocycles. The highest BCUT2D eigenvalue weighted by Crippen LogP contribution is 2.29. The number of rotatable bonds is 3. The van der Waals surface area contributed by atoms with Crippen molar-refractivity contribution in [3.8, 4) is 0 Å². The van der Waals surface area contributed by atoms with Crippen LogP contribution in [0.5, 0.6) is 0 Å². The van der Waals surface area contributed by atoms with Gasteiger partial charge in [0.15, 0.2) is 5.82 Å². The van der Waals surface area contributed by atoms with Crippen molar-refractivity contribution < 1.29 is 0 Å². The molecule has 2 aliphatic rings. The number of hydrazine groups is 1. The Labute approximate surface area is 140 Å². The highest BCUT2D eigenvalue weighted by Gasteiger charge is 2.24. The lowest BCUT2D eigenvalue weighted by molar-refractivity contribution is 0.856. The molecule has 0 radical (unpaired) electrons. The van der Waals surface area contributed by atoms with Crippen LogP contribution in [0.2, 0.25) is 0 Å². The summed E-state index contributed by atoms with van der Waals surface area (Å²) < 4.78 is 1.91. The maximum atomic E-state index is 4.43. The molecule has 0 spiro atoms. The van der Waals surface area contributed by atoms with Gasteiger partial charge < -0.3 is 9.47 Å². The van der Waals surface area contributed by atoms with Crippen LogP contribution in [0, 0.1) is 0 Å². The summed E-state index contributed by atoms with van der Waals surface area (Å²) in [6.07, 6.45) is 12.1. The summed E-state index contributed by atoms with van der Waals surface area (Å²) in [5.41, 5.74) is 6.40. The van der Waals surface area contributed by atoms with Gasteiger partial charge >= 0.3 is 0 Å². The van der Waals surface area contributed by atoms with E-state index in [1.165, 1.54) is 5.57 Å². The fraction of sp³-hybridized carbons (Fsp3) is 0.235. The normalized spacial score (nSPS) is 19.1. The van der Waals surface area contributed by atoms with Crippen LogP contribution in [0.4, 0.5) is 11.6 Å². The lowest BCUT2D eigenvalue weighted by atomic mass is 10.2. The van der Waals surface area contributed by atoms with Crippen LogP contribution in [-0.2, 0) is 0 Å². The third-order valence-electron chi connectivity index (χ3n) is 4.37. The van der Waals surface area contributed by atoms with Crippen molar-refractivity contribution in [1.82, 2.24) is 24.9 Å². The minimum Gasteiger partial charge on any atom is -0.352 e. The molecule has 7 nitrogen and oxygen atoms in total. The lowest BCUT2D eigenvalue weighted by Crippen LogP contribution is -2.29. The lowest BCUT2D eigenvalue weighted by Gasteiger charge is -2.22. The number of aromatic nitrogens is 4. The number of imidazole rings is 1. The Morgan fingerprint density at radius 3 is 2.92 bits per heavy atom. The number of nitrogens with one attached hydrogen (secondary N) is 1. The van der Waals surface area contributed by atoms with E-state index in [9.17, 15) is 0 Å². The monoisotopic (exact) mass is 321 g/mol. The molecule has 24 heavy (non-hydrogen) atoms. The first-order chi connectivity index (χ1) is 11.8. The van der Waals surface area contributed by atoms with Crippen molar-refractivity contribution in [2.75, 3.05) is 23.0 Å². The van der Waals surface area contributed by atoms with E-state index < -0.39 is 0 Å². The van der Waals surface area contributed by atoms with Crippen molar-refractivity contribution in [1.29, 1.82) is 0 Å². The van der Waals surface area contributed by atoms with Crippen molar-refractivity contribution >= 4 is 17.3 Å². The molecule has 1 fully saturated rings. The second-order valence-electron chi connectivity index (χ2n) is 5.76. The van der Waals surface area contributed by atoms with Gasteiger partial charge in [-0.25, -0.2) is 20.0 Å². The number of nitrogens with zero attached hydrogens (tertiary/aromatic N) is 6. The van der Waals surface area contributed by atoms with Crippen LogP contribution in [0.3, 0.4) is 0 Å². The first-order valence-electron chi connectivity index (χ1n) is 7.91. The Balaban J connectivity index is 1.56. The Morgan fingerprint density at radius 2 is 2.17 bits per heavy atom. The van der Waals surface area contributed by atoms with Crippen LogP contribution in [0.1, 0.15) is 13.3 Å². The Hall–Kier alpha value is -3.09. The predicted octanol–water partition coefficient (Wildman–Crippen LogP) is 2.17. The molecule has 0 saturated carbocycles. The van der Waals surface area contributed by atoms with E-state index in [4.69, 9.17) is 0 Å². The maximum Gasteiger partial charge on any atom is 0.157 e. The molecule has 0 aromatic carbocycles. The average molecular weight is 321 g/mol. The fourth-order valence-electron chi connectivity index (χ4n) is 2.98. The summed E-state index contributed by atoms with van der Waals surface area (Å²) in [7, 11) is 0. The molecule has 2 aromatic rings. The minimum absolute atomic E-state index is 0.769. The second-order valence-corrected chi connectivity index (χ2v) is 5.76. The van der Waals surface area contributed by atoms with E-state index in [-0.39, 0.29) is 0 Å². The topological polar surface area (TPSA) is 62.1 Å². The molecule has 2 aromatic heterocycles. The number of allylic oxidation sites excluding steroid dienone is 2. The summed E-state index contributed by atoms with van der Waals surface area (Å²) >= 11 is 0. The van der Waals surface area contributed by atoms with Gasteiger partial charge in [-0.15, -0.1) is 0 Å². The average Bonchev–Trinajstić information content (AvgIpc) is 3.35. The van der Waals surface area contributed by atoms with Gasteiger partial charge in [-0.1, -0.05) is 18.2 Å². The van der Waals surface area contributed by atoms with Gasteiger partial charge in [0.1, 0.15) is 12.1 Å². The molecule has 122 valence electrons. The van der Waals surface area contributed by atoms with Gasteiger partial charge in [-0.3, -0.25) is 5.43 Å². The Bertz CT molecular complexity index is 819. The quantitative estimate of drug-likeness (QED) is 0.874. The number of hydrogen-bond acceptors (Lipinski definition) is 6. The molecule has 1 N–H and O–H groups in total. The Morgan fingerprint density at radius 1 is 1.29 bits per heavy atom. The SMILES string of the molecule is C=C1C(n2ccnc2)=CNN1c1cc(N2CC/C(=C\C)C2)ncn1. The Kier molecular flexibility index (Phi) is 3.53.